The fourth-order valence-corrected chi connectivity index (χ4v) is 4.34. The van der Waals surface area contributed by atoms with Gasteiger partial charge in [0.1, 0.15) is 37.1 Å². The van der Waals surface area contributed by atoms with Crippen molar-refractivity contribution in [3.63, 3.8) is 0 Å². The van der Waals surface area contributed by atoms with Gasteiger partial charge in [-0.15, -0.1) is 10.2 Å². The molecule has 1 aliphatic rings. The number of benzene rings is 1. The second kappa shape index (κ2) is 12.1. The summed E-state index contributed by atoms with van der Waals surface area (Å²) >= 11 is 6.37. The number of rotatable bonds is 11. The van der Waals surface area contributed by atoms with Crippen molar-refractivity contribution in [3.05, 3.63) is 48.1 Å². The highest BCUT2D eigenvalue weighted by molar-refractivity contribution is 6.32. The van der Waals surface area contributed by atoms with Gasteiger partial charge in [-0.3, -0.25) is 4.68 Å². The molecule has 1 fully saturated rings. The van der Waals surface area contributed by atoms with Crippen LogP contribution in [-0.2, 0) is 6.54 Å². The lowest BCUT2D eigenvalue weighted by Gasteiger charge is -2.22. The molecule has 4 heterocycles. The lowest BCUT2D eigenvalue weighted by Crippen LogP contribution is -2.29. The summed E-state index contributed by atoms with van der Waals surface area (Å²) in [6.07, 6.45) is 8.49. The number of alkyl halides is 1. The molecular formula is C24H28ClFN10O2. The molecular weight excluding hydrogens is 515 g/mol. The molecule has 1 saturated heterocycles. The van der Waals surface area contributed by atoms with E-state index in [4.69, 9.17) is 21.1 Å². The van der Waals surface area contributed by atoms with Gasteiger partial charge in [-0.1, -0.05) is 17.7 Å². The molecule has 0 radical (unpaired) electrons. The molecule has 5 rings (SSSR count). The molecule has 3 aromatic heterocycles. The Labute approximate surface area is 223 Å². The van der Waals surface area contributed by atoms with E-state index in [2.05, 4.69) is 41.2 Å². The van der Waals surface area contributed by atoms with E-state index in [0.717, 1.165) is 37.1 Å². The first-order valence-corrected chi connectivity index (χ1v) is 12.7. The smallest absolute Gasteiger partial charge is 0.257 e. The maximum Gasteiger partial charge on any atom is 0.257 e. The van der Waals surface area contributed by atoms with Gasteiger partial charge in [0.15, 0.2) is 0 Å². The summed E-state index contributed by atoms with van der Waals surface area (Å²) in [5.74, 6) is 1.22. The third-order valence-corrected chi connectivity index (χ3v) is 6.34. The van der Waals surface area contributed by atoms with Crippen LogP contribution in [-0.4, -0.2) is 72.4 Å². The maximum absolute atomic E-state index is 12.8. The lowest BCUT2D eigenvalue weighted by molar-refractivity contribution is 0.193. The normalized spacial score (nSPS) is 14.8. The average molecular weight is 543 g/mol. The monoisotopic (exact) mass is 542 g/mol. The molecule has 200 valence electrons. The summed E-state index contributed by atoms with van der Waals surface area (Å²) in [6.45, 7) is 3.55. The summed E-state index contributed by atoms with van der Waals surface area (Å²) in [6, 6.07) is 5.74. The molecule has 0 amide bonds. The Morgan fingerprint density at radius 2 is 2.03 bits per heavy atom. The molecule has 0 saturated carbocycles. The maximum atomic E-state index is 12.8. The van der Waals surface area contributed by atoms with E-state index in [1.54, 1.807) is 23.1 Å². The Balaban J connectivity index is 1.29. The number of ether oxygens (including phenoxy) is 2. The summed E-state index contributed by atoms with van der Waals surface area (Å²) < 4.78 is 27.8. The van der Waals surface area contributed by atoms with E-state index in [1.807, 2.05) is 29.9 Å². The second-order valence-corrected chi connectivity index (χ2v) is 9.28. The molecule has 1 atom stereocenters. The van der Waals surface area contributed by atoms with E-state index in [1.165, 1.54) is 6.33 Å². The molecule has 0 bridgehead atoms. The van der Waals surface area contributed by atoms with Crippen LogP contribution in [0.1, 0.15) is 25.8 Å². The number of nitrogens with zero attached hydrogens (tertiary/aromatic N) is 8. The number of hydrogen-bond donors (Lipinski definition) is 2. The van der Waals surface area contributed by atoms with E-state index >= 15 is 0 Å². The molecule has 12 nitrogen and oxygen atoms in total. The Morgan fingerprint density at radius 3 is 2.76 bits per heavy atom. The zero-order valence-corrected chi connectivity index (χ0v) is 21.6. The van der Waals surface area contributed by atoms with Crippen LogP contribution in [0.3, 0.4) is 0 Å². The number of tetrazole rings is 1. The molecule has 38 heavy (non-hydrogen) atoms. The Hall–Kier alpha value is -3.84. The van der Waals surface area contributed by atoms with Gasteiger partial charge in [-0.05, 0) is 61.0 Å². The van der Waals surface area contributed by atoms with Crippen molar-refractivity contribution in [1.82, 2.24) is 45.3 Å². The van der Waals surface area contributed by atoms with Crippen LogP contribution in [0, 0.1) is 0 Å². The van der Waals surface area contributed by atoms with E-state index in [0.29, 0.717) is 34.8 Å². The van der Waals surface area contributed by atoms with Crippen LogP contribution < -0.4 is 20.1 Å². The fourth-order valence-electron chi connectivity index (χ4n) is 4.18. The van der Waals surface area contributed by atoms with E-state index < -0.39 is 6.67 Å². The van der Waals surface area contributed by atoms with Crippen molar-refractivity contribution < 1.29 is 13.9 Å². The molecule has 14 heteroatoms. The Morgan fingerprint density at radius 1 is 1.21 bits per heavy atom. The van der Waals surface area contributed by atoms with Gasteiger partial charge in [-0.2, -0.15) is 0 Å². The quantitative estimate of drug-likeness (QED) is 0.290. The summed E-state index contributed by atoms with van der Waals surface area (Å²) in [5.41, 5.74) is 2.21. The Kier molecular flexibility index (Phi) is 8.24. The van der Waals surface area contributed by atoms with Crippen LogP contribution in [0.25, 0.3) is 11.1 Å². The number of aromatic nitrogens is 8. The zero-order chi connectivity index (χ0) is 26.3. The predicted molar refractivity (Wildman–Crippen MR) is 139 cm³/mol. The van der Waals surface area contributed by atoms with Gasteiger partial charge in [0.2, 0.25) is 5.95 Å². The molecule has 4 aromatic rings. The summed E-state index contributed by atoms with van der Waals surface area (Å²) in [7, 11) is 0. The number of hydrogen-bond acceptors (Lipinski definition) is 10. The highest BCUT2D eigenvalue weighted by atomic mass is 35.5. The average Bonchev–Trinajstić information content (AvgIpc) is 3.59. The van der Waals surface area contributed by atoms with Crippen LogP contribution in [0.2, 0.25) is 5.02 Å². The molecule has 1 aliphatic heterocycles. The SMILES string of the molecule is C[C@@H](Cn1cnnn1)Oc1cc(-c2cnc(Nc3cn(C4CCNCC4)nc3OCCF)nc2)ccc1Cl. The van der Waals surface area contributed by atoms with Gasteiger partial charge in [-0.25, -0.2) is 19.0 Å². The minimum absolute atomic E-state index is 0.0764. The molecule has 0 aliphatic carbocycles. The van der Waals surface area contributed by atoms with E-state index in [9.17, 15) is 4.39 Å². The number of halogens is 2. The zero-order valence-electron chi connectivity index (χ0n) is 20.8. The topological polar surface area (TPSA) is 130 Å². The second-order valence-electron chi connectivity index (χ2n) is 8.87. The molecule has 0 spiro atoms. The third-order valence-electron chi connectivity index (χ3n) is 6.02. The van der Waals surface area contributed by atoms with Crippen LogP contribution >= 0.6 is 11.6 Å². The van der Waals surface area contributed by atoms with Gasteiger partial charge in [0.05, 0.1) is 23.8 Å². The first-order valence-electron chi connectivity index (χ1n) is 12.3. The van der Waals surface area contributed by atoms with Crippen molar-refractivity contribution in [3.8, 4) is 22.8 Å². The minimum Gasteiger partial charge on any atom is -0.487 e. The molecule has 2 N–H and O–H groups in total. The number of anilines is 2. The molecule has 1 aromatic carbocycles. The van der Waals surface area contributed by atoms with Gasteiger partial charge >= 0.3 is 0 Å². The number of nitrogens with one attached hydrogen (secondary N) is 2. The van der Waals surface area contributed by atoms with Crippen LogP contribution in [0.5, 0.6) is 11.6 Å². The van der Waals surface area contributed by atoms with Crippen molar-refractivity contribution >= 4 is 23.2 Å². The minimum atomic E-state index is -0.603. The summed E-state index contributed by atoms with van der Waals surface area (Å²) in [4.78, 5) is 8.92. The fraction of sp³-hybridized carbons (Fsp3) is 0.417. The largest absolute Gasteiger partial charge is 0.487 e. The Bertz CT molecular complexity index is 1310. The van der Waals surface area contributed by atoms with Gasteiger partial charge in [0.25, 0.3) is 5.88 Å². The van der Waals surface area contributed by atoms with Gasteiger partial charge < -0.3 is 20.1 Å². The third kappa shape index (κ3) is 6.34. The first kappa shape index (κ1) is 25.8. The van der Waals surface area contributed by atoms with E-state index in [-0.39, 0.29) is 18.8 Å². The van der Waals surface area contributed by atoms with Crippen molar-refractivity contribution in [2.75, 3.05) is 31.7 Å². The van der Waals surface area contributed by atoms with Crippen LogP contribution in [0.4, 0.5) is 16.0 Å². The van der Waals surface area contributed by atoms with Crippen molar-refractivity contribution in [2.45, 2.75) is 38.5 Å². The summed E-state index contributed by atoms with van der Waals surface area (Å²) in [5, 5.41) is 22.6. The lowest BCUT2D eigenvalue weighted by atomic mass is 10.1. The molecule has 0 unspecified atom stereocenters. The van der Waals surface area contributed by atoms with Crippen molar-refractivity contribution in [2.24, 2.45) is 0 Å². The van der Waals surface area contributed by atoms with Crippen LogP contribution in [0.15, 0.2) is 43.1 Å². The standard InChI is InChI=1S/C24H28ClFN10O2/c1-16(13-35-15-30-33-34-35)38-22-10-17(2-3-20(22)25)18-11-28-24(29-12-18)31-21-14-36(19-4-7-27-8-5-19)32-23(21)37-9-6-26/h2-3,10-12,14-16,19,27H,4-9,13H2,1H3,(H,28,29,31)/t16-/m0/s1. The van der Waals surface area contributed by atoms with Crippen molar-refractivity contribution in [1.29, 1.82) is 0 Å². The predicted octanol–water partition coefficient (Wildman–Crippen LogP) is 3.46. The van der Waals surface area contributed by atoms with Gasteiger partial charge in [0, 0.05) is 18.0 Å². The number of piperidine rings is 1. The highest BCUT2D eigenvalue weighted by Gasteiger charge is 2.20. The highest BCUT2D eigenvalue weighted by Crippen LogP contribution is 2.32. The first-order chi connectivity index (χ1) is 18.6.